The second-order valence-electron chi connectivity index (χ2n) is 4.13. The minimum absolute atomic E-state index is 0.249. The number of nitrogens with zero attached hydrogens (tertiary/aromatic N) is 2. The van der Waals surface area contributed by atoms with Crippen molar-refractivity contribution < 1.29 is 4.74 Å². The van der Waals surface area contributed by atoms with Gasteiger partial charge in [-0.15, -0.1) is 0 Å². The van der Waals surface area contributed by atoms with Crippen LogP contribution in [0.2, 0.25) is 0 Å². The minimum atomic E-state index is 0.249. The van der Waals surface area contributed by atoms with Crippen molar-refractivity contribution >= 4 is 5.69 Å². The molecule has 1 unspecified atom stereocenters. The van der Waals surface area contributed by atoms with Gasteiger partial charge in [0.2, 0.25) is 0 Å². The summed E-state index contributed by atoms with van der Waals surface area (Å²) in [7, 11) is 1.69. The van der Waals surface area contributed by atoms with E-state index in [4.69, 9.17) is 10.00 Å². The summed E-state index contributed by atoms with van der Waals surface area (Å²) >= 11 is 0. The number of nitrogens with one attached hydrogen (secondary N) is 1. The van der Waals surface area contributed by atoms with E-state index in [0.29, 0.717) is 6.42 Å². The zero-order chi connectivity index (χ0) is 12.1. The van der Waals surface area contributed by atoms with Gasteiger partial charge in [0.15, 0.2) is 0 Å². The van der Waals surface area contributed by atoms with E-state index in [1.807, 2.05) is 18.2 Å². The van der Waals surface area contributed by atoms with Gasteiger partial charge in [0, 0.05) is 25.7 Å². The lowest BCUT2D eigenvalue weighted by Crippen LogP contribution is -2.50. The predicted octanol–water partition coefficient (Wildman–Crippen LogP) is 1.39. The lowest BCUT2D eigenvalue weighted by atomic mass is 10.1. The average Bonchev–Trinajstić information content (AvgIpc) is 2.39. The van der Waals surface area contributed by atoms with Gasteiger partial charge in [-0.1, -0.05) is 12.1 Å². The third-order valence-corrected chi connectivity index (χ3v) is 3.02. The third kappa shape index (κ3) is 2.69. The Morgan fingerprint density at radius 1 is 1.53 bits per heavy atom. The van der Waals surface area contributed by atoms with E-state index in [9.17, 15) is 0 Å². The van der Waals surface area contributed by atoms with Crippen LogP contribution >= 0.6 is 0 Å². The molecule has 1 aromatic rings. The van der Waals surface area contributed by atoms with Crippen molar-refractivity contribution in [2.75, 3.05) is 31.6 Å². The van der Waals surface area contributed by atoms with Crippen molar-refractivity contribution in [3.63, 3.8) is 0 Å². The van der Waals surface area contributed by atoms with Gasteiger partial charge in [-0.3, -0.25) is 0 Å². The van der Waals surface area contributed by atoms with E-state index in [1.165, 1.54) is 0 Å². The highest BCUT2D eigenvalue weighted by molar-refractivity contribution is 5.58. The summed E-state index contributed by atoms with van der Waals surface area (Å²) in [6, 6.07) is 10.5. The Morgan fingerprint density at radius 2 is 2.35 bits per heavy atom. The molecule has 0 amide bonds. The zero-order valence-electron chi connectivity index (χ0n) is 10.0. The largest absolute Gasteiger partial charge is 0.495 e. The highest BCUT2D eigenvalue weighted by atomic mass is 16.5. The van der Waals surface area contributed by atoms with Crippen molar-refractivity contribution in [2.45, 2.75) is 12.5 Å². The first-order valence-corrected chi connectivity index (χ1v) is 5.83. The molecule has 1 aromatic carbocycles. The van der Waals surface area contributed by atoms with Crippen molar-refractivity contribution in [1.29, 1.82) is 5.26 Å². The fourth-order valence-corrected chi connectivity index (χ4v) is 2.18. The highest BCUT2D eigenvalue weighted by Gasteiger charge is 2.21. The fourth-order valence-electron chi connectivity index (χ4n) is 2.18. The molecule has 4 heteroatoms. The molecule has 0 bridgehead atoms. The second kappa shape index (κ2) is 5.55. The summed E-state index contributed by atoms with van der Waals surface area (Å²) in [6.45, 7) is 2.71. The van der Waals surface area contributed by atoms with Crippen molar-refractivity contribution in [3.8, 4) is 11.8 Å². The summed E-state index contributed by atoms with van der Waals surface area (Å²) in [5, 5.41) is 12.1. The molecule has 0 saturated carbocycles. The Bertz CT molecular complexity index is 413. The normalized spacial score (nSPS) is 19.8. The molecule has 4 nitrogen and oxygen atoms in total. The van der Waals surface area contributed by atoms with Crippen LogP contribution in [0.1, 0.15) is 6.42 Å². The van der Waals surface area contributed by atoms with Gasteiger partial charge in [-0.2, -0.15) is 5.26 Å². The maximum absolute atomic E-state index is 8.74. The molecule has 1 saturated heterocycles. The molecule has 0 radical (unpaired) electrons. The lowest BCUT2D eigenvalue weighted by molar-refractivity contribution is 0.408. The number of rotatable bonds is 3. The number of benzene rings is 1. The number of hydrogen-bond acceptors (Lipinski definition) is 4. The van der Waals surface area contributed by atoms with E-state index in [0.717, 1.165) is 31.1 Å². The van der Waals surface area contributed by atoms with Crippen LogP contribution in [-0.2, 0) is 0 Å². The van der Waals surface area contributed by atoms with Crippen LogP contribution in [-0.4, -0.2) is 32.8 Å². The molecule has 0 spiro atoms. The smallest absolute Gasteiger partial charge is 0.142 e. The average molecular weight is 231 g/mol. The monoisotopic (exact) mass is 231 g/mol. The fraction of sp³-hybridized carbons (Fsp3) is 0.462. The molecule has 1 aliphatic rings. The van der Waals surface area contributed by atoms with Gasteiger partial charge in [0.1, 0.15) is 5.75 Å². The standard InChI is InChI=1S/C13H17N3O/c1-17-13-5-3-2-4-12(13)16-9-8-15-11(10-16)6-7-14/h2-5,11,15H,6,8-10H2,1H3. The topological polar surface area (TPSA) is 48.3 Å². The van der Waals surface area contributed by atoms with Gasteiger partial charge in [0.05, 0.1) is 25.3 Å². The third-order valence-electron chi connectivity index (χ3n) is 3.02. The van der Waals surface area contributed by atoms with Crippen LogP contribution in [0.25, 0.3) is 0 Å². The molecular formula is C13H17N3O. The van der Waals surface area contributed by atoms with Gasteiger partial charge in [-0.05, 0) is 12.1 Å². The van der Waals surface area contributed by atoms with Crippen LogP contribution in [0.4, 0.5) is 5.69 Å². The number of piperazine rings is 1. The molecular weight excluding hydrogens is 214 g/mol. The molecule has 0 aliphatic carbocycles. The highest BCUT2D eigenvalue weighted by Crippen LogP contribution is 2.28. The van der Waals surface area contributed by atoms with Crippen molar-refractivity contribution in [3.05, 3.63) is 24.3 Å². The summed E-state index contributed by atoms with van der Waals surface area (Å²) in [6.07, 6.45) is 0.547. The molecule has 0 aromatic heterocycles. The lowest BCUT2D eigenvalue weighted by Gasteiger charge is -2.35. The van der Waals surface area contributed by atoms with Gasteiger partial charge >= 0.3 is 0 Å². The van der Waals surface area contributed by atoms with Crippen LogP contribution in [0, 0.1) is 11.3 Å². The van der Waals surface area contributed by atoms with E-state index < -0.39 is 0 Å². The maximum Gasteiger partial charge on any atom is 0.142 e. The van der Waals surface area contributed by atoms with Crippen LogP contribution in [0.3, 0.4) is 0 Å². The van der Waals surface area contributed by atoms with Gasteiger partial charge < -0.3 is 15.0 Å². The Morgan fingerprint density at radius 3 is 3.12 bits per heavy atom. The number of hydrogen-bond donors (Lipinski definition) is 1. The van der Waals surface area contributed by atoms with Gasteiger partial charge in [-0.25, -0.2) is 0 Å². The second-order valence-corrected chi connectivity index (χ2v) is 4.13. The van der Waals surface area contributed by atoms with Crippen LogP contribution < -0.4 is 15.0 Å². The summed E-state index contributed by atoms with van der Waals surface area (Å²) in [5.41, 5.74) is 1.11. The molecule has 2 rings (SSSR count). The molecule has 1 heterocycles. The minimum Gasteiger partial charge on any atom is -0.495 e. The van der Waals surface area contributed by atoms with E-state index in [1.54, 1.807) is 7.11 Å². The molecule has 1 aliphatic heterocycles. The predicted molar refractivity (Wildman–Crippen MR) is 67.2 cm³/mol. The molecule has 17 heavy (non-hydrogen) atoms. The molecule has 1 fully saturated rings. The Hall–Kier alpha value is -1.73. The number of anilines is 1. The van der Waals surface area contributed by atoms with Crippen molar-refractivity contribution in [2.24, 2.45) is 0 Å². The van der Waals surface area contributed by atoms with Gasteiger partial charge in [0.25, 0.3) is 0 Å². The summed E-state index contributed by atoms with van der Waals surface area (Å²) in [4.78, 5) is 2.28. The van der Waals surface area contributed by atoms with E-state index >= 15 is 0 Å². The first-order chi connectivity index (χ1) is 8.35. The van der Waals surface area contributed by atoms with Crippen LogP contribution in [0.5, 0.6) is 5.75 Å². The van der Waals surface area contributed by atoms with E-state index in [-0.39, 0.29) is 6.04 Å². The molecule has 1 atom stereocenters. The Labute approximate surface area is 102 Å². The van der Waals surface area contributed by atoms with Crippen molar-refractivity contribution in [1.82, 2.24) is 5.32 Å². The van der Waals surface area contributed by atoms with E-state index in [2.05, 4.69) is 22.4 Å². The van der Waals surface area contributed by atoms with Crippen LogP contribution in [0.15, 0.2) is 24.3 Å². The number of methoxy groups -OCH3 is 1. The number of ether oxygens (including phenoxy) is 1. The Balaban J connectivity index is 2.13. The Kier molecular flexibility index (Phi) is 3.84. The number of para-hydroxylation sites is 2. The molecule has 90 valence electrons. The zero-order valence-corrected chi connectivity index (χ0v) is 10.0. The maximum atomic E-state index is 8.74. The first-order valence-electron chi connectivity index (χ1n) is 5.83. The summed E-state index contributed by atoms with van der Waals surface area (Å²) in [5.74, 6) is 0.894. The summed E-state index contributed by atoms with van der Waals surface area (Å²) < 4.78 is 5.37. The first kappa shape index (κ1) is 11.7. The quantitative estimate of drug-likeness (QED) is 0.854. The molecule has 1 N–H and O–H groups in total. The SMILES string of the molecule is COc1ccccc1N1CCNC(CC#N)C1. The number of nitriles is 1.